The first-order valence-corrected chi connectivity index (χ1v) is 7.37. The van der Waals surface area contributed by atoms with Crippen molar-refractivity contribution in [3.8, 4) is 0 Å². The molecule has 1 N–H and O–H groups in total. The lowest BCUT2D eigenvalue weighted by molar-refractivity contribution is -0.112. The number of hydrogen-bond donors (Lipinski definition) is 2. The fourth-order valence-corrected chi connectivity index (χ4v) is 2.05. The van der Waals surface area contributed by atoms with Crippen LogP contribution in [0.4, 0.5) is 4.79 Å². The third-order valence-corrected chi connectivity index (χ3v) is 3.48. The summed E-state index contributed by atoms with van der Waals surface area (Å²) >= 11 is 3.86. The molecule has 0 aromatic carbocycles. The smallest absolute Gasteiger partial charge is 0.407 e. The van der Waals surface area contributed by atoms with Crippen LogP contribution in [0.3, 0.4) is 0 Å². The van der Waals surface area contributed by atoms with Crippen molar-refractivity contribution in [3.05, 3.63) is 0 Å². The van der Waals surface area contributed by atoms with Gasteiger partial charge in [0.2, 0.25) is 5.12 Å². The highest BCUT2D eigenvalue weighted by Gasteiger charge is 2.21. The van der Waals surface area contributed by atoms with Crippen LogP contribution < -0.4 is 5.32 Å². The topological polar surface area (TPSA) is 58.6 Å². The molecule has 0 radical (unpaired) electrons. The first-order chi connectivity index (χ1) is 8.08. The van der Waals surface area contributed by atoms with Gasteiger partial charge in [0.25, 0.3) is 0 Å². The second kappa shape index (κ2) is 9.61. The van der Waals surface area contributed by atoms with Gasteiger partial charge in [-0.25, -0.2) is 4.79 Å². The molecule has 1 atom stereocenters. The van der Waals surface area contributed by atoms with Crippen LogP contribution >= 0.6 is 22.5 Å². The zero-order chi connectivity index (χ0) is 13.3. The Morgan fingerprint density at radius 1 is 1.41 bits per heavy atom. The molecule has 0 aliphatic rings. The monoisotopic (exact) mass is 280 g/mol. The minimum atomic E-state index is -0.592. The first-order valence-electron chi connectivity index (χ1n) is 5.51. The van der Waals surface area contributed by atoms with Crippen molar-refractivity contribution in [1.29, 1.82) is 0 Å². The molecule has 0 spiro atoms. The van der Waals surface area contributed by atoms with Crippen LogP contribution in [0.25, 0.3) is 0 Å². The third-order valence-electron chi connectivity index (χ3n) is 2.48. The molecule has 0 saturated carbocycles. The molecule has 0 saturated heterocycles. The summed E-state index contributed by atoms with van der Waals surface area (Å²) in [7, 11) is 2.09. The zero-order valence-corrected chi connectivity index (χ0v) is 12.1. The van der Waals surface area contributed by atoms with Gasteiger partial charge >= 0.3 is 6.09 Å². The van der Waals surface area contributed by atoms with E-state index in [-0.39, 0.29) is 5.12 Å². The number of ether oxygens (including phenoxy) is 1. The van der Waals surface area contributed by atoms with Crippen molar-refractivity contribution in [3.63, 3.8) is 0 Å². The average Bonchev–Trinajstić information content (AvgIpc) is 2.37. The molecule has 7 heteroatoms. The van der Waals surface area contributed by atoms with Crippen molar-refractivity contribution in [2.75, 3.05) is 26.7 Å². The Kier molecular flexibility index (Phi) is 9.39. The number of thiol groups is 1. The Labute approximate surface area is 111 Å². The molecule has 1 amide bonds. The summed E-state index contributed by atoms with van der Waals surface area (Å²) in [6.45, 7) is 6.71. The lowest BCUT2D eigenvalue weighted by atomic mass is 10.2. The molecule has 0 rings (SSSR count). The van der Waals surface area contributed by atoms with Crippen LogP contribution in [-0.2, 0) is 9.53 Å². The van der Waals surface area contributed by atoms with Crippen LogP contribution in [0, 0.1) is 0 Å². The molecule has 0 heterocycles. The molecule has 5 nitrogen and oxygen atoms in total. The molecule has 0 unspecified atom stereocenters. The van der Waals surface area contributed by atoms with Gasteiger partial charge in [0.15, 0.2) is 0 Å². The summed E-state index contributed by atoms with van der Waals surface area (Å²) in [6, 6.07) is -0.550. The van der Waals surface area contributed by atoms with E-state index in [2.05, 4.69) is 40.5 Å². The number of alkyl carbamates (subject to hydrolysis) is 1. The summed E-state index contributed by atoms with van der Waals surface area (Å²) in [6.07, 6.45) is -0.0336. The molecule has 100 valence electrons. The van der Waals surface area contributed by atoms with E-state index in [0.29, 0.717) is 6.42 Å². The largest absolute Gasteiger partial charge is 0.453 e. The average molecular weight is 280 g/mol. The fraction of sp³-hybridized carbons (Fsp3) is 0.800. The van der Waals surface area contributed by atoms with E-state index in [4.69, 9.17) is 0 Å². The van der Waals surface area contributed by atoms with Gasteiger partial charge in [-0.3, -0.25) is 4.79 Å². The lowest BCUT2D eigenvalue weighted by Crippen LogP contribution is -2.41. The van der Waals surface area contributed by atoms with Crippen LogP contribution in [-0.4, -0.2) is 48.9 Å². The maximum Gasteiger partial charge on any atom is 0.407 e. The Hall–Kier alpha value is -0.400. The minimum absolute atomic E-state index is 0.175. The second-order valence-corrected chi connectivity index (χ2v) is 4.55. The van der Waals surface area contributed by atoms with Gasteiger partial charge in [0.05, 0.1) is 7.11 Å². The van der Waals surface area contributed by atoms with Crippen molar-refractivity contribution >= 4 is 33.7 Å². The predicted molar refractivity (Wildman–Crippen MR) is 73.3 cm³/mol. The van der Waals surface area contributed by atoms with Gasteiger partial charge in [-0.1, -0.05) is 13.8 Å². The number of hydrogen-bond acceptors (Lipinski definition) is 6. The first kappa shape index (κ1) is 16.6. The second-order valence-electron chi connectivity index (χ2n) is 3.41. The highest BCUT2D eigenvalue weighted by atomic mass is 33.1. The highest BCUT2D eigenvalue weighted by Crippen LogP contribution is 2.12. The Balaban J connectivity index is 4.28. The molecule has 0 bridgehead atoms. The number of amides is 1. The van der Waals surface area contributed by atoms with E-state index in [1.807, 2.05) is 0 Å². The van der Waals surface area contributed by atoms with Gasteiger partial charge < -0.3 is 15.0 Å². The molecule has 0 aliphatic heterocycles. The van der Waals surface area contributed by atoms with Gasteiger partial charge in [-0.05, 0) is 30.3 Å². The van der Waals surface area contributed by atoms with Gasteiger partial charge in [-0.2, -0.15) is 0 Å². The van der Waals surface area contributed by atoms with E-state index >= 15 is 0 Å². The molecular weight excluding hydrogens is 260 g/mol. The minimum Gasteiger partial charge on any atom is -0.453 e. The third kappa shape index (κ3) is 6.80. The maximum absolute atomic E-state index is 11.6. The highest BCUT2D eigenvalue weighted by molar-refractivity contribution is 8.74. The molecule has 0 aromatic heterocycles. The number of carbonyl (C=O) groups is 2. The Morgan fingerprint density at radius 3 is 2.41 bits per heavy atom. The van der Waals surface area contributed by atoms with Crippen molar-refractivity contribution in [1.82, 2.24) is 10.2 Å². The summed E-state index contributed by atoms with van der Waals surface area (Å²) in [5, 5.41) is 2.34. The van der Waals surface area contributed by atoms with E-state index in [9.17, 15) is 9.59 Å². The van der Waals surface area contributed by atoms with E-state index in [0.717, 1.165) is 30.4 Å². The number of carbonyl (C=O) groups excluding carboxylic acids is 2. The van der Waals surface area contributed by atoms with Crippen LogP contribution in [0.1, 0.15) is 20.3 Å². The van der Waals surface area contributed by atoms with Gasteiger partial charge in [0.1, 0.15) is 6.04 Å². The van der Waals surface area contributed by atoms with Gasteiger partial charge in [-0.15, -0.1) is 11.7 Å². The van der Waals surface area contributed by atoms with E-state index in [1.54, 1.807) is 0 Å². The summed E-state index contributed by atoms with van der Waals surface area (Å²) < 4.78 is 4.48. The molecule has 17 heavy (non-hydrogen) atoms. The molecular formula is C10H20N2O3S2. The number of methoxy groups -OCH3 is 1. The van der Waals surface area contributed by atoms with Crippen LogP contribution in [0.2, 0.25) is 0 Å². The molecule has 0 fully saturated rings. The van der Waals surface area contributed by atoms with Crippen LogP contribution in [0.15, 0.2) is 0 Å². The number of nitrogens with one attached hydrogen (secondary N) is 1. The van der Waals surface area contributed by atoms with Crippen LogP contribution in [0.5, 0.6) is 0 Å². The molecule has 0 aliphatic carbocycles. The number of rotatable bonds is 7. The summed E-state index contributed by atoms with van der Waals surface area (Å²) in [5.74, 6) is 0. The van der Waals surface area contributed by atoms with Crippen molar-refractivity contribution in [2.24, 2.45) is 0 Å². The summed E-state index contributed by atoms with van der Waals surface area (Å²) in [5.41, 5.74) is 0. The maximum atomic E-state index is 11.6. The van der Waals surface area contributed by atoms with Crippen molar-refractivity contribution < 1.29 is 14.3 Å². The Morgan fingerprint density at radius 2 is 2.00 bits per heavy atom. The Bertz CT molecular complexity index is 248. The predicted octanol–water partition coefficient (Wildman–Crippen LogP) is 1.55. The van der Waals surface area contributed by atoms with Crippen molar-refractivity contribution in [2.45, 2.75) is 26.3 Å². The standard InChI is InChI=1S/C10H20N2O3S2/c1-4-12(5-2)7-6-8(9(13)17-16)11-10(14)15-3/h8,16H,4-7H2,1-3H3,(H,11,14)/t8-/m0/s1. The molecule has 0 aromatic rings. The van der Waals surface area contributed by atoms with E-state index < -0.39 is 12.1 Å². The van der Waals surface area contributed by atoms with E-state index in [1.165, 1.54) is 7.11 Å². The number of nitrogens with zero attached hydrogens (tertiary/aromatic N) is 1. The normalized spacial score (nSPS) is 12.3. The SMILES string of the molecule is CCN(CC)CC[C@H](NC(=O)OC)C(=O)SS. The zero-order valence-electron chi connectivity index (χ0n) is 10.4. The fourth-order valence-electron chi connectivity index (χ4n) is 1.37. The lowest BCUT2D eigenvalue weighted by Gasteiger charge is -2.21. The summed E-state index contributed by atoms with van der Waals surface area (Å²) in [4.78, 5) is 24.8. The van der Waals surface area contributed by atoms with Gasteiger partial charge in [0, 0.05) is 6.54 Å². The quantitative estimate of drug-likeness (QED) is 0.547.